The third kappa shape index (κ3) is 4.64. The molecule has 0 unspecified atom stereocenters. The minimum atomic E-state index is -4.22. The van der Waals surface area contributed by atoms with Gasteiger partial charge < -0.3 is 9.47 Å². The van der Waals surface area contributed by atoms with Crippen LogP contribution >= 0.6 is 0 Å². The predicted octanol–water partition coefficient (Wildman–Crippen LogP) is 0.820. The summed E-state index contributed by atoms with van der Waals surface area (Å²) in [7, 11) is -4.22. The van der Waals surface area contributed by atoms with E-state index in [9.17, 15) is 18.0 Å². The summed E-state index contributed by atoms with van der Waals surface area (Å²) in [4.78, 5) is 23.0. The molecule has 0 N–H and O–H groups in total. The Hall–Kier alpha value is -1.35. The number of hydrogen-bond acceptors (Lipinski definition) is 7. The van der Waals surface area contributed by atoms with Crippen molar-refractivity contribution in [2.75, 3.05) is 13.2 Å². The maximum absolute atomic E-state index is 11.8. The molecule has 1 rings (SSSR count). The van der Waals surface area contributed by atoms with Crippen molar-refractivity contribution in [3.63, 3.8) is 0 Å². The first-order valence-electron chi connectivity index (χ1n) is 6.14. The molecule has 20 heavy (non-hydrogen) atoms. The van der Waals surface area contributed by atoms with Crippen molar-refractivity contribution in [3.8, 4) is 0 Å². The van der Waals surface area contributed by atoms with Gasteiger partial charge in [-0.3, -0.25) is 4.79 Å². The van der Waals surface area contributed by atoms with E-state index in [1.165, 1.54) is 0 Å². The fraction of sp³-hybridized carbons (Fsp3) is 0.818. The second-order valence-electron chi connectivity index (χ2n) is 5.20. The Kier molecular flexibility index (Phi) is 4.98. The molecule has 1 amide bonds. The highest BCUT2D eigenvalue weighted by molar-refractivity contribution is 7.85. The predicted molar refractivity (Wildman–Crippen MR) is 68.0 cm³/mol. The van der Waals surface area contributed by atoms with Crippen molar-refractivity contribution in [1.82, 2.24) is 4.31 Å². The molecule has 1 aliphatic heterocycles. The van der Waals surface area contributed by atoms with Gasteiger partial charge in [-0.1, -0.05) is 0 Å². The number of esters is 1. The number of amides is 1. The molecule has 1 heterocycles. The molecular weight excluding hydrogens is 290 g/mol. The highest BCUT2D eigenvalue weighted by Gasteiger charge is 2.43. The first-order valence-corrected chi connectivity index (χ1v) is 7.51. The lowest BCUT2D eigenvalue weighted by atomic mass is 10.2. The van der Waals surface area contributed by atoms with E-state index in [1.807, 2.05) is 0 Å². The molecule has 9 heteroatoms. The van der Waals surface area contributed by atoms with Gasteiger partial charge in [0.25, 0.3) is 0 Å². The first-order chi connectivity index (χ1) is 9.05. The van der Waals surface area contributed by atoms with E-state index in [0.717, 1.165) is 0 Å². The Morgan fingerprint density at radius 1 is 1.35 bits per heavy atom. The second-order valence-corrected chi connectivity index (χ2v) is 6.69. The summed E-state index contributed by atoms with van der Waals surface area (Å²) in [6, 6.07) is 0. The van der Waals surface area contributed by atoms with Crippen molar-refractivity contribution in [2.45, 2.75) is 45.8 Å². The van der Waals surface area contributed by atoms with E-state index in [2.05, 4.69) is 0 Å². The first kappa shape index (κ1) is 16.7. The molecule has 0 bridgehead atoms. The Bertz CT molecular complexity index is 479. The highest BCUT2D eigenvalue weighted by Crippen LogP contribution is 2.23. The van der Waals surface area contributed by atoms with Crippen LogP contribution in [0.5, 0.6) is 0 Å². The lowest BCUT2D eigenvalue weighted by Crippen LogP contribution is -2.38. The van der Waals surface area contributed by atoms with Crippen molar-refractivity contribution in [2.24, 2.45) is 0 Å². The number of ether oxygens (including phenoxy) is 2. The topological polar surface area (TPSA) is 99.2 Å². The largest absolute Gasteiger partial charge is 0.466 e. The summed E-state index contributed by atoms with van der Waals surface area (Å²) in [5.74, 6) is -0.585. The van der Waals surface area contributed by atoms with Crippen LogP contribution in [0.1, 0.15) is 34.1 Å². The molecule has 0 saturated carbocycles. The van der Waals surface area contributed by atoms with Crippen LogP contribution < -0.4 is 0 Å². The van der Waals surface area contributed by atoms with Crippen molar-refractivity contribution < 1.29 is 31.7 Å². The lowest BCUT2D eigenvalue weighted by Gasteiger charge is -2.22. The van der Waals surface area contributed by atoms with Gasteiger partial charge in [0.05, 0.1) is 19.6 Å². The summed E-state index contributed by atoms with van der Waals surface area (Å²) in [5.41, 5.74) is -0.828. The highest BCUT2D eigenvalue weighted by atomic mass is 32.2. The van der Waals surface area contributed by atoms with Crippen LogP contribution in [0.25, 0.3) is 0 Å². The van der Waals surface area contributed by atoms with Gasteiger partial charge in [-0.15, -0.1) is 0 Å². The standard InChI is InChI=1S/C11H19NO7S/c1-5-17-9(13)6-8-7-12(20(15,16)19-8)10(14)18-11(2,3)4/h8H,5-7H2,1-4H3/t8-/m1/s1. The fourth-order valence-electron chi connectivity index (χ4n) is 1.51. The van der Waals surface area contributed by atoms with E-state index >= 15 is 0 Å². The molecule has 0 aromatic rings. The molecule has 1 aliphatic rings. The van der Waals surface area contributed by atoms with Gasteiger partial charge in [0.1, 0.15) is 11.7 Å². The molecule has 1 atom stereocenters. The van der Waals surface area contributed by atoms with Crippen LogP contribution in [0.15, 0.2) is 0 Å². The Balaban J connectivity index is 2.70. The van der Waals surface area contributed by atoms with E-state index in [-0.39, 0.29) is 19.6 Å². The van der Waals surface area contributed by atoms with Gasteiger partial charge in [-0.2, -0.15) is 12.7 Å². The quantitative estimate of drug-likeness (QED) is 0.711. The molecule has 1 fully saturated rings. The molecule has 0 aromatic heterocycles. The van der Waals surface area contributed by atoms with E-state index in [1.54, 1.807) is 27.7 Å². The zero-order valence-electron chi connectivity index (χ0n) is 11.9. The molecule has 8 nitrogen and oxygen atoms in total. The summed E-state index contributed by atoms with van der Waals surface area (Å²) in [6.07, 6.45) is -2.22. The summed E-state index contributed by atoms with van der Waals surface area (Å²) in [6.45, 7) is 6.40. The molecular formula is C11H19NO7S. The Labute approximate surface area is 118 Å². The van der Waals surface area contributed by atoms with Crippen LogP contribution in [0.4, 0.5) is 4.79 Å². The number of rotatable bonds is 3. The SMILES string of the molecule is CCOC(=O)C[C@@H]1CN(C(=O)OC(C)(C)C)S(=O)(=O)O1. The summed E-state index contributed by atoms with van der Waals surface area (Å²) >= 11 is 0. The van der Waals surface area contributed by atoms with Gasteiger partial charge in [0.15, 0.2) is 0 Å². The minimum absolute atomic E-state index is 0.189. The van der Waals surface area contributed by atoms with Crippen LogP contribution in [-0.4, -0.2) is 49.6 Å². The van der Waals surface area contributed by atoms with Gasteiger partial charge in [-0.05, 0) is 27.7 Å². The van der Waals surface area contributed by atoms with Crippen molar-refractivity contribution >= 4 is 22.4 Å². The lowest BCUT2D eigenvalue weighted by molar-refractivity contribution is -0.144. The number of carbonyl (C=O) groups excluding carboxylic acids is 2. The maximum Gasteiger partial charge on any atom is 0.425 e. The molecule has 0 spiro atoms. The molecule has 0 aromatic carbocycles. The van der Waals surface area contributed by atoms with Crippen LogP contribution in [0.2, 0.25) is 0 Å². The maximum atomic E-state index is 11.8. The zero-order chi connectivity index (χ0) is 15.6. The molecule has 116 valence electrons. The average Bonchev–Trinajstić information content (AvgIpc) is 2.50. The molecule has 1 saturated heterocycles. The van der Waals surface area contributed by atoms with Gasteiger partial charge in [0, 0.05) is 0 Å². The zero-order valence-corrected chi connectivity index (χ0v) is 12.7. The third-order valence-electron chi connectivity index (χ3n) is 2.19. The van der Waals surface area contributed by atoms with Gasteiger partial charge >= 0.3 is 22.4 Å². The molecule has 0 aliphatic carbocycles. The van der Waals surface area contributed by atoms with Crippen LogP contribution in [-0.2, 0) is 28.8 Å². The second kappa shape index (κ2) is 5.96. The van der Waals surface area contributed by atoms with Gasteiger partial charge in [0.2, 0.25) is 0 Å². The smallest absolute Gasteiger partial charge is 0.425 e. The molecule has 0 radical (unpaired) electrons. The third-order valence-corrected chi connectivity index (χ3v) is 3.55. The van der Waals surface area contributed by atoms with E-state index in [4.69, 9.17) is 13.7 Å². The van der Waals surface area contributed by atoms with Crippen molar-refractivity contribution in [1.29, 1.82) is 0 Å². The Morgan fingerprint density at radius 3 is 2.45 bits per heavy atom. The van der Waals surface area contributed by atoms with E-state index < -0.39 is 34.1 Å². The van der Waals surface area contributed by atoms with Crippen LogP contribution in [0, 0.1) is 0 Å². The minimum Gasteiger partial charge on any atom is -0.466 e. The van der Waals surface area contributed by atoms with Gasteiger partial charge in [-0.25, -0.2) is 8.98 Å². The Morgan fingerprint density at radius 2 is 1.95 bits per heavy atom. The number of carbonyl (C=O) groups is 2. The van der Waals surface area contributed by atoms with E-state index in [0.29, 0.717) is 4.31 Å². The number of hydrogen-bond donors (Lipinski definition) is 0. The monoisotopic (exact) mass is 309 g/mol. The summed E-state index contributed by atoms with van der Waals surface area (Å²) in [5, 5.41) is 0. The average molecular weight is 309 g/mol. The number of nitrogens with zero attached hydrogens (tertiary/aromatic N) is 1. The normalized spacial score (nSPS) is 21.6. The van der Waals surface area contributed by atoms with Crippen molar-refractivity contribution in [3.05, 3.63) is 0 Å². The van der Waals surface area contributed by atoms with Crippen LogP contribution in [0.3, 0.4) is 0 Å². The summed E-state index contributed by atoms with van der Waals surface area (Å²) < 4.78 is 38.2. The fourth-order valence-corrected chi connectivity index (χ4v) is 2.66.